The van der Waals surface area contributed by atoms with E-state index in [1.807, 2.05) is 0 Å². The van der Waals surface area contributed by atoms with Gasteiger partial charge < -0.3 is 5.32 Å². The predicted molar refractivity (Wildman–Crippen MR) is 45.8 cm³/mol. The molecule has 2 aliphatic heterocycles. The lowest BCUT2D eigenvalue weighted by molar-refractivity contribution is -0.136. The Morgan fingerprint density at radius 1 is 1.31 bits per heavy atom. The lowest BCUT2D eigenvalue weighted by Gasteiger charge is -2.28. The van der Waals surface area contributed by atoms with Gasteiger partial charge in [0.05, 0.1) is 0 Å². The van der Waals surface area contributed by atoms with Gasteiger partial charge in [-0.25, -0.2) is 0 Å². The predicted octanol–water partition coefficient (Wildman–Crippen LogP) is 0.266. The molecule has 13 heavy (non-hydrogen) atoms. The van der Waals surface area contributed by atoms with Crippen LogP contribution in [-0.4, -0.2) is 17.7 Å². The third-order valence-corrected chi connectivity index (χ3v) is 3.34. The number of piperidine rings is 1. The van der Waals surface area contributed by atoms with Crippen LogP contribution in [0.5, 0.6) is 0 Å². The number of carbonyl (C=O) groups is 2. The van der Waals surface area contributed by atoms with E-state index >= 15 is 0 Å². The number of rotatable bonds is 0. The smallest absolute Gasteiger partial charge is 0.234 e. The van der Waals surface area contributed by atoms with Crippen molar-refractivity contribution in [2.45, 2.75) is 18.9 Å². The standard InChI is InChI=1S/C10H11NO2/c12-9-4-8-7-3-5(7)1-2-6(9)10(13)11-8/h1-2,5-8H,3-4H2,(H,11,13)/t5-,6+,7+,8+/m1/s1. The van der Waals surface area contributed by atoms with E-state index in [4.69, 9.17) is 0 Å². The summed E-state index contributed by atoms with van der Waals surface area (Å²) in [4.78, 5) is 22.9. The monoisotopic (exact) mass is 177 g/mol. The van der Waals surface area contributed by atoms with Crippen molar-refractivity contribution in [3.8, 4) is 0 Å². The van der Waals surface area contributed by atoms with Crippen LogP contribution in [0.25, 0.3) is 0 Å². The molecule has 4 atom stereocenters. The zero-order valence-electron chi connectivity index (χ0n) is 7.19. The quantitative estimate of drug-likeness (QED) is 0.426. The number of hydrogen-bond donors (Lipinski definition) is 1. The second kappa shape index (κ2) is 2.22. The molecule has 0 spiro atoms. The minimum absolute atomic E-state index is 0.0929. The van der Waals surface area contributed by atoms with Crippen LogP contribution in [0.15, 0.2) is 12.2 Å². The summed E-state index contributed by atoms with van der Waals surface area (Å²) in [5, 5.41) is 2.93. The average molecular weight is 177 g/mol. The van der Waals surface area contributed by atoms with Crippen molar-refractivity contribution in [2.24, 2.45) is 17.8 Å². The summed E-state index contributed by atoms with van der Waals surface area (Å²) in [5.41, 5.74) is 0. The van der Waals surface area contributed by atoms with Gasteiger partial charge in [0.2, 0.25) is 5.91 Å². The van der Waals surface area contributed by atoms with Crippen LogP contribution in [-0.2, 0) is 9.59 Å². The van der Waals surface area contributed by atoms with Gasteiger partial charge in [0.1, 0.15) is 5.92 Å². The van der Waals surface area contributed by atoms with E-state index in [-0.39, 0.29) is 17.7 Å². The van der Waals surface area contributed by atoms with Gasteiger partial charge in [0.25, 0.3) is 0 Å². The fourth-order valence-electron chi connectivity index (χ4n) is 2.44. The molecule has 2 aliphatic carbocycles. The Morgan fingerprint density at radius 3 is 2.92 bits per heavy atom. The zero-order chi connectivity index (χ0) is 9.00. The summed E-state index contributed by atoms with van der Waals surface area (Å²) in [6.45, 7) is 0. The maximum atomic E-state index is 11.5. The molecule has 1 saturated carbocycles. The summed E-state index contributed by atoms with van der Waals surface area (Å²) in [5.74, 6) is 0.669. The van der Waals surface area contributed by atoms with Gasteiger partial charge in [-0.1, -0.05) is 12.2 Å². The first-order valence-corrected chi connectivity index (χ1v) is 4.77. The fourth-order valence-corrected chi connectivity index (χ4v) is 2.44. The number of ketones is 1. The molecule has 0 aromatic rings. The number of hydrogen-bond acceptors (Lipinski definition) is 2. The molecule has 3 nitrogen and oxygen atoms in total. The molecule has 4 aliphatic rings. The van der Waals surface area contributed by atoms with Crippen LogP contribution < -0.4 is 5.32 Å². The third-order valence-electron chi connectivity index (χ3n) is 3.34. The summed E-state index contributed by atoms with van der Waals surface area (Å²) >= 11 is 0. The maximum Gasteiger partial charge on any atom is 0.234 e. The first-order chi connectivity index (χ1) is 6.25. The molecule has 1 saturated heterocycles. The average Bonchev–Trinajstić information content (AvgIpc) is 2.78. The van der Waals surface area contributed by atoms with Crippen molar-refractivity contribution < 1.29 is 9.59 Å². The number of carbonyl (C=O) groups excluding carboxylic acids is 2. The van der Waals surface area contributed by atoms with Gasteiger partial charge in [-0.2, -0.15) is 0 Å². The van der Waals surface area contributed by atoms with E-state index in [9.17, 15) is 9.59 Å². The number of Topliss-reactive ketones (excluding diaryl/α,β-unsaturated/α-hetero) is 1. The lowest BCUT2D eigenvalue weighted by Crippen LogP contribution is -2.50. The molecule has 2 fully saturated rings. The number of allylic oxidation sites excluding steroid dienone is 1. The van der Waals surface area contributed by atoms with Crippen molar-refractivity contribution in [3.05, 3.63) is 12.2 Å². The number of amides is 1. The minimum atomic E-state index is -0.488. The van der Waals surface area contributed by atoms with Crippen LogP contribution in [0.2, 0.25) is 0 Å². The third kappa shape index (κ3) is 0.961. The molecule has 1 amide bonds. The van der Waals surface area contributed by atoms with E-state index in [1.54, 1.807) is 6.08 Å². The van der Waals surface area contributed by atoms with E-state index in [0.29, 0.717) is 18.3 Å². The molecule has 4 rings (SSSR count). The highest BCUT2D eigenvalue weighted by Gasteiger charge is 2.48. The Morgan fingerprint density at radius 2 is 2.15 bits per heavy atom. The molecule has 0 aromatic heterocycles. The van der Waals surface area contributed by atoms with Crippen molar-refractivity contribution in [3.63, 3.8) is 0 Å². The summed E-state index contributed by atoms with van der Waals surface area (Å²) in [6, 6.07) is 0.131. The van der Waals surface area contributed by atoms with Crippen LogP contribution in [0.1, 0.15) is 12.8 Å². The molecular weight excluding hydrogens is 166 g/mol. The van der Waals surface area contributed by atoms with Crippen molar-refractivity contribution in [2.75, 3.05) is 0 Å². The van der Waals surface area contributed by atoms with E-state index in [2.05, 4.69) is 11.4 Å². The van der Waals surface area contributed by atoms with Gasteiger partial charge in [-0.3, -0.25) is 9.59 Å². The molecule has 0 unspecified atom stereocenters. The van der Waals surface area contributed by atoms with Crippen LogP contribution in [0, 0.1) is 17.8 Å². The van der Waals surface area contributed by atoms with Crippen LogP contribution in [0.3, 0.4) is 0 Å². The second-order valence-corrected chi connectivity index (χ2v) is 4.21. The highest BCUT2D eigenvalue weighted by atomic mass is 16.2. The first-order valence-electron chi connectivity index (χ1n) is 4.77. The molecule has 0 aromatic carbocycles. The fraction of sp³-hybridized carbons (Fsp3) is 0.600. The number of fused-ring (bicyclic) bond motifs is 2. The highest BCUT2D eigenvalue weighted by molar-refractivity contribution is 6.05. The van der Waals surface area contributed by atoms with Crippen molar-refractivity contribution in [1.82, 2.24) is 5.32 Å². The Kier molecular flexibility index (Phi) is 1.25. The normalized spacial score (nSPS) is 46.5. The van der Waals surface area contributed by atoms with E-state index in [0.717, 1.165) is 6.42 Å². The topological polar surface area (TPSA) is 46.2 Å². The molecule has 2 bridgehead atoms. The van der Waals surface area contributed by atoms with Crippen molar-refractivity contribution >= 4 is 11.7 Å². The van der Waals surface area contributed by atoms with Crippen molar-refractivity contribution in [1.29, 1.82) is 0 Å². The SMILES string of the molecule is O=C1C[C@@H]2NC(=O)[C@H]1C=C[C@@H]1C[C@@H]12. The Balaban J connectivity index is 2.02. The second-order valence-electron chi connectivity index (χ2n) is 4.21. The van der Waals surface area contributed by atoms with Gasteiger partial charge in [0.15, 0.2) is 5.78 Å². The van der Waals surface area contributed by atoms with Gasteiger partial charge in [0, 0.05) is 12.5 Å². The molecule has 2 heterocycles. The van der Waals surface area contributed by atoms with Gasteiger partial charge >= 0.3 is 0 Å². The van der Waals surface area contributed by atoms with E-state index in [1.165, 1.54) is 0 Å². The largest absolute Gasteiger partial charge is 0.352 e. The Labute approximate surface area is 76.2 Å². The molecule has 1 N–H and O–H groups in total. The Bertz CT molecular complexity index is 303. The maximum absolute atomic E-state index is 11.5. The van der Waals surface area contributed by atoms with Gasteiger partial charge in [-0.05, 0) is 18.3 Å². The molecule has 3 heteroatoms. The number of nitrogens with one attached hydrogen (secondary N) is 1. The summed E-state index contributed by atoms with van der Waals surface area (Å²) in [6.07, 6.45) is 5.53. The Hall–Kier alpha value is -1.12. The molecule has 68 valence electrons. The van der Waals surface area contributed by atoms with Crippen LogP contribution in [0.4, 0.5) is 0 Å². The summed E-state index contributed by atoms with van der Waals surface area (Å²) < 4.78 is 0. The molecule has 0 radical (unpaired) electrons. The first kappa shape index (κ1) is 7.30. The summed E-state index contributed by atoms with van der Waals surface area (Å²) in [7, 11) is 0. The van der Waals surface area contributed by atoms with Crippen LogP contribution >= 0.6 is 0 Å². The van der Waals surface area contributed by atoms with Gasteiger partial charge in [-0.15, -0.1) is 0 Å². The zero-order valence-corrected chi connectivity index (χ0v) is 7.19. The van der Waals surface area contributed by atoms with E-state index < -0.39 is 5.92 Å². The minimum Gasteiger partial charge on any atom is -0.352 e. The highest BCUT2D eigenvalue weighted by Crippen LogP contribution is 2.46. The lowest BCUT2D eigenvalue weighted by atomic mass is 9.87. The molecular formula is C10H11NO2.